The maximum absolute atomic E-state index is 13.4. The Morgan fingerprint density at radius 2 is 1.55 bits per heavy atom. The summed E-state index contributed by atoms with van der Waals surface area (Å²) < 4.78 is 32.0. The molecule has 166 valence electrons. The fraction of sp³-hybridized carbons (Fsp3) is 0.0833. The summed E-state index contributed by atoms with van der Waals surface area (Å²) in [6.45, 7) is 0. The van der Waals surface area contributed by atoms with Gasteiger partial charge in [-0.1, -0.05) is 17.8 Å². The van der Waals surface area contributed by atoms with Crippen LogP contribution in [0.5, 0.6) is 5.75 Å². The molecule has 4 aromatic rings. The first-order valence-corrected chi connectivity index (χ1v) is 10.8. The minimum Gasteiger partial charge on any atom is -0.497 e. The lowest BCUT2D eigenvalue weighted by molar-refractivity contribution is -0.113. The van der Waals surface area contributed by atoms with Crippen molar-refractivity contribution in [3.63, 3.8) is 0 Å². The predicted octanol–water partition coefficient (Wildman–Crippen LogP) is 5.22. The number of methoxy groups -OCH3 is 1. The molecule has 1 N–H and O–H groups in total. The standard InChI is InChI=1S/C24H18F2N4O2S/c1-32-20-4-2-3-19(13-20)27-21(31)14-33-24-28-22(15-5-9-17(25)10-6-15)23(29-30-24)16-7-11-18(26)12-8-16/h2-13H,14H2,1H3,(H,27,31). The SMILES string of the molecule is COc1cccc(NC(=O)CSc2nnc(-c3ccc(F)cc3)c(-c3ccc(F)cc3)n2)c1. The van der Waals surface area contributed by atoms with Crippen LogP contribution in [-0.2, 0) is 4.79 Å². The molecule has 1 heterocycles. The zero-order chi connectivity index (χ0) is 23.2. The van der Waals surface area contributed by atoms with E-state index < -0.39 is 0 Å². The Bertz CT molecular complexity index is 1270. The van der Waals surface area contributed by atoms with Crippen molar-refractivity contribution in [1.29, 1.82) is 0 Å². The number of rotatable bonds is 7. The van der Waals surface area contributed by atoms with Crippen LogP contribution in [0.4, 0.5) is 14.5 Å². The molecule has 6 nitrogen and oxygen atoms in total. The molecule has 0 aliphatic rings. The van der Waals surface area contributed by atoms with E-state index in [-0.39, 0.29) is 28.5 Å². The summed E-state index contributed by atoms with van der Waals surface area (Å²) in [5.41, 5.74) is 2.72. The third-order valence-electron chi connectivity index (χ3n) is 4.59. The van der Waals surface area contributed by atoms with Crippen molar-refractivity contribution in [2.75, 3.05) is 18.2 Å². The van der Waals surface area contributed by atoms with Crippen molar-refractivity contribution in [2.24, 2.45) is 0 Å². The molecule has 0 aliphatic heterocycles. The third kappa shape index (κ3) is 5.69. The molecule has 0 bridgehead atoms. The van der Waals surface area contributed by atoms with E-state index in [9.17, 15) is 13.6 Å². The molecule has 33 heavy (non-hydrogen) atoms. The van der Waals surface area contributed by atoms with Crippen molar-refractivity contribution in [2.45, 2.75) is 5.16 Å². The van der Waals surface area contributed by atoms with Crippen molar-refractivity contribution >= 4 is 23.4 Å². The van der Waals surface area contributed by atoms with Crippen LogP contribution in [0.15, 0.2) is 78.0 Å². The Morgan fingerprint density at radius 3 is 2.18 bits per heavy atom. The van der Waals surface area contributed by atoms with Gasteiger partial charge in [-0.05, 0) is 60.7 Å². The van der Waals surface area contributed by atoms with Gasteiger partial charge in [0.25, 0.3) is 0 Å². The van der Waals surface area contributed by atoms with Gasteiger partial charge in [0, 0.05) is 22.9 Å². The van der Waals surface area contributed by atoms with Crippen molar-refractivity contribution in [1.82, 2.24) is 15.2 Å². The van der Waals surface area contributed by atoms with Gasteiger partial charge in [-0.25, -0.2) is 13.8 Å². The molecule has 1 amide bonds. The Hall–Kier alpha value is -3.85. The number of amides is 1. The molecule has 0 atom stereocenters. The molecule has 0 unspecified atom stereocenters. The lowest BCUT2D eigenvalue weighted by Crippen LogP contribution is -2.14. The number of nitrogens with one attached hydrogen (secondary N) is 1. The second-order valence-electron chi connectivity index (χ2n) is 6.87. The normalized spacial score (nSPS) is 10.6. The van der Waals surface area contributed by atoms with Gasteiger partial charge in [0.2, 0.25) is 11.1 Å². The van der Waals surface area contributed by atoms with E-state index in [1.54, 1.807) is 55.6 Å². The molecule has 1 aromatic heterocycles. The highest BCUT2D eigenvalue weighted by Gasteiger charge is 2.15. The van der Waals surface area contributed by atoms with Gasteiger partial charge in [-0.15, -0.1) is 10.2 Å². The van der Waals surface area contributed by atoms with Crippen molar-refractivity contribution in [3.05, 3.63) is 84.4 Å². The molecular weight excluding hydrogens is 446 g/mol. The highest BCUT2D eigenvalue weighted by atomic mass is 32.2. The first-order valence-electron chi connectivity index (χ1n) is 9.85. The number of aromatic nitrogens is 3. The summed E-state index contributed by atoms with van der Waals surface area (Å²) in [5.74, 6) is -0.321. The fourth-order valence-corrected chi connectivity index (χ4v) is 3.60. The lowest BCUT2D eigenvalue weighted by atomic mass is 10.0. The number of nitrogens with zero attached hydrogens (tertiary/aromatic N) is 3. The highest BCUT2D eigenvalue weighted by Crippen LogP contribution is 2.30. The smallest absolute Gasteiger partial charge is 0.234 e. The van der Waals surface area contributed by atoms with Crippen molar-refractivity contribution < 1.29 is 18.3 Å². The number of benzene rings is 3. The van der Waals surface area contributed by atoms with Crippen molar-refractivity contribution in [3.8, 4) is 28.3 Å². The second-order valence-corrected chi connectivity index (χ2v) is 7.82. The van der Waals surface area contributed by atoms with Crippen LogP contribution in [0.25, 0.3) is 22.5 Å². The predicted molar refractivity (Wildman–Crippen MR) is 123 cm³/mol. The minimum atomic E-state index is -0.382. The van der Waals surface area contributed by atoms with Gasteiger partial charge in [-0.2, -0.15) is 0 Å². The monoisotopic (exact) mass is 464 g/mol. The van der Waals surface area contributed by atoms with E-state index in [1.807, 2.05) is 0 Å². The van der Waals surface area contributed by atoms with E-state index in [0.717, 1.165) is 11.8 Å². The Balaban J connectivity index is 1.56. The Labute approximate surface area is 193 Å². The van der Waals surface area contributed by atoms with Crippen LogP contribution in [0.2, 0.25) is 0 Å². The van der Waals surface area contributed by atoms with Gasteiger partial charge in [0.05, 0.1) is 12.9 Å². The van der Waals surface area contributed by atoms with Gasteiger partial charge in [0.15, 0.2) is 0 Å². The number of carbonyl (C=O) groups is 1. The maximum atomic E-state index is 13.4. The van der Waals surface area contributed by atoms with Gasteiger partial charge < -0.3 is 10.1 Å². The first kappa shape index (κ1) is 22.3. The van der Waals surface area contributed by atoms with Gasteiger partial charge in [-0.3, -0.25) is 4.79 Å². The average molecular weight is 464 g/mol. The zero-order valence-corrected chi connectivity index (χ0v) is 18.3. The summed E-state index contributed by atoms with van der Waals surface area (Å²) in [7, 11) is 1.55. The molecule has 0 fully saturated rings. The number of thioether (sulfide) groups is 1. The number of carbonyl (C=O) groups excluding carboxylic acids is 1. The lowest BCUT2D eigenvalue weighted by Gasteiger charge is -2.10. The van der Waals surface area contributed by atoms with E-state index in [4.69, 9.17) is 4.74 Å². The molecule has 0 aliphatic carbocycles. The van der Waals surface area contributed by atoms with Gasteiger partial charge >= 0.3 is 0 Å². The molecular formula is C24H18F2N4O2S. The largest absolute Gasteiger partial charge is 0.497 e. The number of anilines is 1. The summed E-state index contributed by atoms with van der Waals surface area (Å²) >= 11 is 1.11. The Morgan fingerprint density at radius 1 is 0.909 bits per heavy atom. The van der Waals surface area contributed by atoms with Crippen LogP contribution in [0.1, 0.15) is 0 Å². The molecule has 9 heteroatoms. The zero-order valence-electron chi connectivity index (χ0n) is 17.5. The van der Waals surface area contributed by atoms with E-state index >= 15 is 0 Å². The number of ether oxygens (including phenoxy) is 1. The minimum absolute atomic E-state index is 0.0532. The third-order valence-corrected chi connectivity index (χ3v) is 5.43. The van der Waals surface area contributed by atoms with Crippen LogP contribution < -0.4 is 10.1 Å². The quantitative estimate of drug-likeness (QED) is 0.378. The maximum Gasteiger partial charge on any atom is 0.234 e. The molecule has 0 spiro atoms. The van der Waals surface area contributed by atoms with E-state index in [2.05, 4.69) is 20.5 Å². The van der Waals surface area contributed by atoms with E-state index in [0.29, 0.717) is 34.0 Å². The van der Waals surface area contributed by atoms with Crippen LogP contribution in [0.3, 0.4) is 0 Å². The second kappa shape index (κ2) is 10.2. The fourth-order valence-electron chi connectivity index (χ4n) is 3.01. The molecule has 0 radical (unpaired) electrons. The van der Waals surface area contributed by atoms with Crippen LogP contribution in [-0.4, -0.2) is 34.0 Å². The topological polar surface area (TPSA) is 77.0 Å². The summed E-state index contributed by atoms with van der Waals surface area (Å²) in [5, 5.41) is 11.5. The number of hydrogen-bond donors (Lipinski definition) is 1. The number of halogens is 2. The van der Waals surface area contributed by atoms with E-state index in [1.165, 1.54) is 24.3 Å². The Kier molecular flexibility index (Phi) is 6.89. The highest BCUT2D eigenvalue weighted by molar-refractivity contribution is 7.99. The summed E-state index contributed by atoms with van der Waals surface area (Å²) in [4.78, 5) is 16.9. The van der Waals surface area contributed by atoms with Gasteiger partial charge in [0.1, 0.15) is 28.8 Å². The molecule has 3 aromatic carbocycles. The summed E-state index contributed by atoms with van der Waals surface area (Å²) in [6, 6.07) is 18.6. The molecule has 0 saturated carbocycles. The van der Waals surface area contributed by atoms with Crippen LogP contribution >= 0.6 is 11.8 Å². The molecule has 4 rings (SSSR count). The number of hydrogen-bond acceptors (Lipinski definition) is 6. The van der Waals surface area contributed by atoms with Crippen LogP contribution in [0, 0.1) is 11.6 Å². The summed E-state index contributed by atoms with van der Waals surface area (Å²) in [6.07, 6.45) is 0. The average Bonchev–Trinajstić information content (AvgIpc) is 2.84. The first-order chi connectivity index (χ1) is 16.0. The molecule has 0 saturated heterocycles.